The number of nitrogens with zero attached hydrogens (tertiary/aromatic N) is 4. The van der Waals surface area contributed by atoms with Gasteiger partial charge in [-0.1, -0.05) is 0 Å². The predicted molar refractivity (Wildman–Crippen MR) is 90.9 cm³/mol. The highest BCUT2D eigenvalue weighted by atomic mass is 16.4. The van der Waals surface area contributed by atoms with Gasteiger partial charge in [0.05, 0.1) is 25.3 Å². The Hall–Kier alpha value is -2.12. The maximum Gasteiger partial charge on any atom is 0.309 e. The molecular weight excluding hydrogens is 320 g/mol. The van der Waals surface area contributed by atoms with Crippen molar-refractivity contribution in [2.24, 2.45) is 5.92 Å². The minimum atomic E-state index is -0.734. The van der Waals surface area contributed by atoms with E-state index >= 15 is 0 Å². The molecule has 1 atom stereocenters. The Morgan fingerprint density at radius 3 is 2.64 bits per heavy atom. The molecule has 1 aliphatic heterocycles. The average Bonchev–Trinajstić information content (AvgIpc) is 3.17. The molecule has 2 aromatic rings. The Morgan fingerprint density at radius 1 is 1.24 bits per heavy atom. The second kappa shape index (κ2) is 7.01. The fraction of sp³-hybridized carbons (Fsp3) is 0.556. The van der Waals surface area contributed by atoms with Gasteiger partial charge in [-0.2, -0.15) is 0 Å². The highest BCUT2D eigenvalue weighted by Gasteiger charge is 2.30. The van der Waals surface area contributed by atoms with Crippen LogP contribution in [0.1, 0.15) is 30.5 Å². The monoisotopic (exact) mass is 344 g/mol. The molecule has 0 aromatic carbocycles. The van der Waals surface area contributed by atoms with Crippen LogP contribution in [0.4, 0.5) is 0 Å². The quantitative estimate of drug-likeness (QED) is 0.862. The third-order valence-corrected chi connectivity index (χ3v) is 5.05. The van der Waals surface area contributed by atoms with Gasteiger partial charge in [-0.05, 0) is 25.0 Å². The van der Waals surface area contributed by atoms with Crippen LogP contribution in [0.25, 0.3) is 0 Å². The summed E-state index contributed by atoms with van der Waals surface area (Å²) in [5.41, 5.74) is 0. The first-order chi connectivity index (χ1) is 12.2. The lowest BCUT2D eigenvalue weighted by molar-refractivity contribution is -0.142. The summed E-state index contributed by atoms with van der Waals surface area (Å²) in [5, 5.41) is 9.61. The molecule has 7 heteroatoms. The van der Waals surface area contributed by atoms with Crippen LogP contribution in [0.15, 0.2) is 35.2 Å². The first-order valence-electron chi connectivity index (χ1n) is 8.90. The first-order valence-corrected chi connectivity index (χ1v) is 8.90. The van der Waals surface area contributed by atoms with E-state index < -0.39 is 11.9 Å². The van der Waals surface area contributed by atoms with Gasteiger partial charge in [-0.3, -0.25) is 14.6 Å². The maximum atomic E-state index is 11.7. The molecule has 1 aliphatic carbocycles. The molecule has 0 amide bonds. The van der Waals surface area contributed by atoms with Crippen molar-refractivity contribution in [2.45, 2.75) is 32.0 Å². The SMILES string of the molecule is O=C(O)[C@@H]1CN(Cc2ccco2)CCN(Cc2nccn2C2CC2)C1. The van der Waals surface area contributed by atoms with Crippen molar-refractivity contribution < 1.29 is 14.3 Å². The molecule has 2 aliphatic rings. The summed E-state index contributed by atoms with van der Waals surface area (Å²) >= 11 is 0. The lowest BCUT2D eigenvalue weighted by Gasteiger charge is -2.21. The van der Waals surface area contributed by atoms with E-state index in [4.69, 9.17) is 4.42 Å². The molecule has 1 N–H and O–H groups in total. The van der Waals surface area contributed by atoms with Crippen LogP contribution in [0.2, 0.25) is 0 Å². The Morgan fingerprint density at radius 2 is 2.00 bits per heavy atom. The normalized spacial score (nSPS) is 22.8. The average molecular weight is 344 g/mol. The number of hydrogen-bond donors (Lipinski definition) is 1. The summed E-state index contributed by atoms with van der Waals surface area (Å²) in [5.74, 6) is 0.789. The van der Waals surface area contributed by atoms with E-state index in [0.29, 0.717) is 32.2 Å². The van der Waals surface area contributed by atoms with E-state index in [2.05, 4.69) is 19.4 Å². The molecule has 7 nitrogen and oxygen atoms in total. The third kappa shape index (κ3) is 3.93. The van der Waals surface area contributed by atoms with Crippen molar-refractivity contribution >= 4 is 5.97 Å². The fourth-order valence-corrected chi connectivity index (χ4v) is 3.56. The number of rotatable bonds is 6. The zero-order chi connectivity index (χ0) is 17.2. The van der Waals surface area contributed by atoms with Crippen LogP contribution in [0.5, 0.6) is 0 Å². The summed E-state index contributed by atoms with van der Waals surface area (Å²) in [4.78, 5) is 20.6. The van der Waals surface area contributed by atoms with Crippen molar-refractivity contribution in [3.8, 4) is 0 Å². The van der Waals surface area contributed by atoms with Crippen LogP contribution in [0.3, 0.4) is 0 Å². The van der Waals surface area contributed by atoms with Crippen molar-refractivity contribution in [3.63, 3.8) is 0 Å². The molecule has 1 saturated heterocycles. The van der Waals surface area contributed by atoms with E-state index in [0.717, 1.165) is 24.7 Å². The molecule has 2 aromatic heterocycles. The molecule has 0 radical (unpaired) electrons. The van der Waals surface area contributed by atoms with Gasteiger partial charge in [0.1, 0.15) is 11.6 Å². The van der Waals surface area contributed by atoms with Crippen molar-refractivity contribution in [1.29, 1.82) is 0 Å². The van der Waals surface area contributed by atoms with E-state index in [1.54, 1.807) is 6.26 Å². The minimum absolute atomic E-state index is 0.401. The summed E-state index contributed by atoms with van der Waals surface area (Å²) in [6, 6.07) is 4.40. The van der Waals surface area contributed by atoms with Crippen LogP contribution in [-0.4, -0.2) is 56.6 Å². The number of carboxylic acids is 1. The van der Waals surface area contributed by atoms with Crippen molar-refractivity contribution in [3.05, 3.63) is 42.4 Å². The molecule has 3 heterocycles. The Bertz CT molecular complexity index is 708. The molecule has 0 spiro atoms. The molecule has 0 bridgehead atoms. The minimum Gasteiger partial charge on any atom is -0.481 e. The second-order valence-corrected chi connectivity index (χ2v) is 7.07. The third-order valence-electron chi connectivity index (χ3n) is 5.05. The number of carbonyl (C=O) groups is 1. The Kier molecular flexibility index (Phi) is 4.59. The fourth-order valence-electron chi connectivity index (χ4n) is 3.56. The van der Waals surface area contributed by atoms with Gasteiger partial charge in [0.25, 0.3) is 0 Å². The first kappa shape index (κ1) is 16.4. The molecule has 25 heavy (non-hydrogen) atoms. The van der Waals surface area contributed by atoms with Gasteiger partial charge in [0.2, 0.25) is 0 Å². The van der Waals surface area contributed by atoms with Crippen LogP contribution in [-0.2, 0) is 17.9 Å². The summed E-state index contributed by atoms with van der Waals surface area (Å²) in [6.07, 6.45) is 7.99. The Labute approximate surface area is 146 Å². The second-order valence-electron chi connectivity index (χ2n) is 7.07. The van der Waals surface area contributed by atoms with Crippen LogP contribution >= 0.6 is 0 Å². The van der Waals surface area contributed by atoms with E-state index in [1.165, 1.54) is 12.8 Å². The smallest absolute Gasteiger partial charge is 0.309 e. The van der Waals surface area contributed by atoms with Gasteiger partial charge in [0, 0.05) is 44.6 Å². The van der Waals surface area contributed by atoms with Gasteiger partial charge in [0.15, 0.2) is 0 Å². The summed E-state index contributed by atoms with van der Waals surface area (Å²) in [6.45, 7) is 4.13. The largest absolute Gasteiger partial charge is 0.481 e. The molecule has 1 saturated carbocycles. The molecule has 0 unspecified atom stereocenters. The number of hydrogen-bond acceptors (Lipinski definition) is 5. The summed E-state index contributed by atoms with van der Waals surface area (Å²) in [7, 11) is 0. The van der Waals surface area contributed by atoms with Crippen molar-refractivity contribution in [2.75, 3.05) is 26.2 Å². The number of carboxylic acid groups (broad SMARTS) is 1. The molecule has 134 valence electrons. The van der Waals surface area contributed by atoms with Gasteiger partial charge >= 0.3 is 5.97 Å². The molecule has 4 rings (SSSR count). The number of aliphatic carboxylic acids is 1. The van der Waals surface area contributed by atoms with Gasteiger partial charge in [-0.15, -0.1) is 0 Å². The zero-order valence-corrected chi connectivity index (χ0v) is 14.3. The van der Waals surface area contributed by atoms with E-state index in [9.17, 15) is 9.90 Å². The lowest BCUT2D eigenvalue weighted by Crippen LogP contribution is -2.34. The van der Waals surface area contributed by atoms with Crippen LogP contribution < -0.4 is 0 Å². The topological polar surface area (TPSA) is 74.7 Å². The molecule has 2 fully saturated rings. The highest BCUT2D eigenvalue weighted by Crippen LogP contribution is 2.35. The number of imidazole rings is 1. The van der Waals surface area contributed by atoms with Gasteiger partial charge < -0.3 is 14.1 Å². The maximum absolute atomic E-state index is 11.7. The zero-order valence-electron chi connectivity index (χ0n) is 14.3. The van der Waals surface area contributed by atoms with Crippen LogP contribution in [0, 0.1) is 5.92 Å². The summed E-state index contributed by atoms with van der Waals surface area (Å²) < 4.78 is 7.67. The van der Waals surface area contributed by atoms with E-state index in [1.807, 2.05) is 24.5 Å². The lowest BCUT2D eigenvalue weighted by atomic mass is 10.1. The highest BCUT2D eigenvalue weighted by molar-refractivity contribution is 5.70. The van der Waals surface area contributed by atoms with Crippen molar-refractivity contribution in [1.82, 2.24) is 19.4 Å². The number of furan rings is 1. The van der Waals surface area contributed by atoms with Gasteiger partial charge in [-0.25, -0.2) is 4.98 Å². The number of aromatic nitrogens is 2. The predicted octanol–water partition coefficient (Wildman–Crippen LogP) is 1.83. The standard InChI is InChI=1S/C18H24N4O3/c23-18(24)14-10-20(12-16-2-1-9-25-16)7-8-21(11-14)13-17-19-5-6-22(17)15-3-4-15/h1-2,5-6,9,14-15H,3-4,7-8,10-13H2,(H,23,24)/t14-/m1/s1. The molecular formula is C18H24N4O3. The Balaban J connectivity index is 1.44. The van der Waals surface area contributed by atoms with E-state index in [-0.39, 0.29) is 0 Å².